The molecule has 0 aliphatic heterocycles. The van der Waals surface area contributed by atoms with Crippen LogP contribution in [0.5, 0.6) is 5.75 Å². The van der Waals surface area contributed by atoms with E-state index in [1.807, 2.05) is 12.1 Å². The van der Waals surface area contributed by atoms with Gasteiger partial charge in [-0.15, -0.1) is 0 Å². The molecule has 0 fully saturated rings. The molecule has 32 heavy (non-hydrogen) atoms. The van der Waals surface area contributed by atoms with Gasteiger partial charge in [-0.05, 0) is 23.5 Å². The number of hydrogen-bond acceptors (Lipinski definition) is 9. The highest BCUT2D eigenvalue weighted by atomic mass is 35.5. The molecule has 0 bridgehead atoms. The van der Waals surface area contributed by atoms with Crippen LogP contribution in [0.15, 0.2) is 32.5 Å². The minimum atomic E-state index is -0.795. The molecule has 11 nitrogen and oxygen atoms in total. The van der Waals surface area contributed by atoms with Crippen LogP contribution in [0.2, 0.25) is 5.02 Å². The van der Waals surface area contributed by atoms with Crippen LogP contribution in [0.4, 0.5) is 11.5 Å². The number of carbonyl (C=O) groups excluding carboxylic acids is 1. The molecule has 0 spiro atoms. The monoisotopic (exact) mass is 472 g/mol. The fourth-order valence-corrected chi connectivity index (χ4v) is 3.88. The van der Waals surface area contributed by atoms with Crippen LogP contribution in [-0.4, -0.2) is 29.0 Å². The van der Waals surface area contributed by atoms with Crippen molar-refractivity contribution in [2.75, 3.05) is 23.9 Å². The summed E-state index contributed by atoms with van der Waals surface area (Å²) >= 11 is 6.98. The number of nitrogen functional groups attached to an aromatic ring is 1. The SMILES string of the molecule is COc1ccc(NC(=O)CSc2nc(N)c(C#N)c(-c3c(=O)o[nH][n+]3C)c2C#N)cc1Cl. The predicted molar refractivity (Wildman–Crippen MR) is 115 cm³/mol. The van der Waals surface area contributed by atoms with Crippen LogP contribution < -0.4 is 26.1 Å². The average Bonchev–Trinajstić information content (AvgIpc) is 3.09. The molecular weight excluding hydrogens is 458 g/mol. The molecule has 2 heterocycles. The summed E-state index contributed by atoms with van der Waals surface area (Å²) in [6.07, 6.45) is 0. The minimum absolute atomic E-state index is 0.0233. The Morgan fingerprint density at radius 1 is 1.41 bits per heavy atom. The zero-order valence-electron chi connectivity index (χ0n) is 16.7. The van der Waals surface area contributed by atoms with Gasteiger partial charge in [-0.2, -0.15) is 10.5 Å². The third-order valence-electron chi connectivity index (χ3n) is 4.23. The van der Waals surface area contributed by atoms with E-state index in [9.17, 15) is 20.1 Å². The summed E-state index contributed by atoms with van der Waals surface area (Å²) in [6, 6.07) is 8.57. The number of aromatic nitrogens is 3. The lowest BCUT2D eigenvalue weighted by molar-refractivity contribution is -0.730. The topological polar surface area (TPSA) is 175 Å². The zero-order chi connectivity index (χ0) is 23.4. The Bertz CT molecular complexity index is 1350. The maximum Gasteiger partial charge on any atom is 0.435 e. The van der Waals surface area contributed by atoms with Gasteiger partial charge in [0.1, 0.15) is 39.9 Å². The first-order valence-corrected chi connectivity index (χ1v) is 10.1. The Kier molecular flexibility index (Phi) is 6.68. The van der Waals surface area contributed by atoms with E-state index in [-0.39, 0.29) is 39.0 Å². The molecule has 3 aromatic rings. The van der Waals surface area contributed by atoms with Gasteiger partial charge in [0, 0.05) is 5.69 Å². The molecule has 1 amide bonds. The first-order valence-electron chi connectivity index (χ1n) is 8.78. The smallest absolute Gasteiger partial charge is 0.435 e. The van der Waals surface area contributed by atoms with E-state index in [1.54, 1.807) is 12.1 Å². The summed E-state index contributed by atoms with van der Waals surface area (Å²) in [5.41, 5.74) is 5.23. The number of benzene rings is 1. The van der Waals surface area contributed by atoms with Gasteiger partial charge in [0.25, 0.3) is 0 Å². The maximum absolute atomic E-state index is 12.4. The lowest BCUT2D eigenvalue weighted by Gasteiger charge is -2.10. The van der Waals surface area contributed by atoms with Crippen molar-refractivity contribution in [2.45, 2.75) is 5.03 Å². The maximum atomic E-state index is 12.4. The van der Waals surface area contributed by atoms with Gasteiger partial charge in [-0.25, -0.2) is 9.78 Å². The molecule has 162 valence electrons. The van der Waals surface area contributed by atoms with Crippen molar-refractivity contribution in [3.63, 3.8) is 0 Å². The van der Waals surface area contributed by atoms with Gasteiger partial charge in [-0.1, -0.05) is 28.0 Å². The van der Waals surface area contributed by atoms with Crippen LogP contribution in [0.3, 0.4) is 0 Å². The number of aryl methyl sites for hydroxylation is 1. The van der Waals surface area contributed by atoms with Crippen LogP contribution in [-0.2, 0) is 11.8 Å². The highest BCUT2D eigenvalue weighted by Crippen LogP contribution is 2.33. The number of rotatable bonds is 6. The number of nitrogens with one attached hydrogen (secondary N) is 2. The normalized spacial score (nSPS) is 10.3. The number of H-pyrrole nitrogens is 1. The third kappa shape index (κ3) is 4.37. The molecule has 4 N–H and O–H groups in total. The summed E-state index contributed by atoms with van der Waals surface area (Å²) in [5, 5.41) is 24.7. The Labute approximate surface area is 190 Å². The third-order valence-corrected chi connectivity index (χ3v) is 5.50. The van der Waals surface area contributed by atoms with Crippen molar-refractivity contribution in [3.8, 4) is 29.1 Å². The van der Waals surface area contributed by atoms with Crippen molar-refractivity contribution in [1.29, 1.82) is 10.5 Å². The molecular formula is C19H15ClN7O4S+. The van der Waals surface area contributed by atoms with Crippen LogP contribution in [0.25, 0.3) is 11.3 Å². The molecule has 0 radical (unpaired) electrons. The van der Waals surface area contributed by atoms with Crippen molar-refractivity contribution in [1.82, 2.24) is 10.3 Å². The summed E-state index contributed by atoms with van der Waals surface area (Å²) in [6.45, 7) is 0. The first-order chi connectivity index (χ1) is 15.3. The number of carbonyl (C=O) groups is 1. The summed E-state index contributed by atoms with van der Waals surface area (Å²) in [4.78, 5) is 28.6. The average molecular weight is 473 g/mol. The van der Waals surface area contributed by atoms with Gasteiger partial charge < -0.3 is 15.8 Å². The highest BCUT2D eigenvalue weighted by molar-refractivity contribution is 8.00. The molecule has 13 heteroatoms. The molecule has 2 aromatic heterocycles. The molecule has 1 aromatic carbocycles. The molecule has 0 saturated carbocycles. The van der Waals surface area contributed by atoms with E-state index >= 15 is 0 Å². The number of pyridine rings is 1. The van der Waals surface area contributed by atoms with E-state index in [4.69, 9.17) is 26.6 Å². The first kappa shape index (κ1) is 22.7. The van der Waals surface area contributed by atoms with Crippen molar-refractivity contribution >= 4 is 40.8 Å². The number of nitrogens with two attached hydrogens (primary N) is 1. The number of halogens is 1. The second-order valence-electron chi connectivity index (χ2n) is 6.23. The van der Waals surface area contributed by atoms with Gasteiger partial charge in [0.2, 0.25) is 5.91 Å². The van der Waals surface area contributed by atoms with Crippen LogP contribution in [0, 0.1) is 22.7 Å². The number of ether oxygens (including phenoxy) is 1. The lowest BCUT2D eigenvalue weighted by Crippen LogP contribution is -2.34. The minimum Gasteiger partial charge on any atom is -0.495 e. The van der Waals surface area contributed by atoms with Gasteiger partial charge >= 0.3 is 11.3 Å². The Morgan fingerprint density at radius 3 is 2.69 bits per heavy atom. The van der Waals surface area contributed by atoms with E-state index in [0.717, 1.165) is 11.8 Å². The fraction of sp³-hybridized carbons (Fsp3) is 0.158. The van der Waals surface area contributed by atoms with Gasteiger partial charge in [-0.3, -0.25) is 9.32 Å². The second-order valence-corrected chi connectivity index (χ2v) is 7.60. The largest absolute Gasteiger partial charge is 0.495 e. The Morgan fingerprint density at radius 2 is 2.12 bits per heavy atom. The van der Waals surface area contributed by atoms with Crippen LogP contribution in [0.1, 0.15) is 11.1 Å². The van der Waals surface area contributed by atoms with E-state index in [2.05, 4.69) is 15.6 Å². The van der Waals surface area contributed by atoms with Crippen LogP contribution >= 0.6 is 23.4 Å². The van der Waals surface area contributed by atoms with Gasteiger partial charge in [0.15, 0.2) is 7.05 Å². The standard InChI is InChI=1S/C19H14ClN7O4S/c1-27-16(19(29)31-26-27)15-10(6-21)17(23)25-18(11(15)7-22)32-8-14(28)24-9-3-4-13(30-2)12(20)5-9/h3-5H,8H2,1-2H3,(H3-,23,24,25,26,28,29)/p+1. The number of hydrogen-bond donors (Lipinski definition) is 3. The molecule has 0 aliphatic rings. The number of methoxy groups -OCH3 is 1. The van der Waals surface area contributed by atoms with Crippen molar-refractivity contribution < 1.29 is 18.7 Å². The quantitative estimate of drug-likeness (QED) is 0.355. The number of nitrogens with zero attached hydrogens (tertiary/aromatic N) is 4. The van der Waals surface area contributed by atoms with Crippen molar-refractivity contribution in [3.05, 3.63) is 44.8 Å². The van der Waals surface area contributed by atoms with E-state index in [0.29, 0.717) is 16.5 Å². The van der Waals surface area contributed by atoms with E-state index < -0.39 is 11.5 Å². The summed E-state index contributed by atoms with van der Waals surface area (Å²) in [5.74, 6) is -0.265. The second kappa shape index (κ2) is 9.43. The molecule has 0 aliphatic carbocycles. The predicted octanol–water partition coefficient (Wildman–Crippen LogP) is 1.57. The molecule has 0 atom stereocenters. The number of aromatic amines is 1. The lowest BCUT2D eigenvalue weighted by atomic mass is 10.0. The molecule has 0 unspecified atom stereocenters. The summed E-state index contributed by atoms with van der Waals surface area (Å²) < 4.78 is 11.0. The number of nitriles is 2. The highest BCUT2D eigenvalue weighted by Gasteiger charge is 2.31. The Hall–Kier alpha value is -4.00. The zero-order valence-corrected chi connectivity index (χ0v) is 18.3. The number of anilines is 2. The number of amides is 1. The van der Waals surface area contributed by atoms with Crippen molar-refractivity contribution in [2.24, 2.45) is 7.05 Å². The van der Waals surface area contributed by atoms with E-state index in [1.165, 1.54) is 24.9 Å². The fourth-order valence-electron chi connectivity index (χ4n) is 2.83. The molecule has 3 rings (SSSR count). The Balaban J connectivity index is 1.91. The number of thioether (sulfide) groups is 1. The summed E-state index contributed by atoms with van der Waals surface area (Å²) in [7, 11) is 2.95. The molecule has 0 saturated heterocycles. The van der Waals surface area contributed by atoms with Gasteiger partial charge in [0.05, 0.1) is 23.4 Å².